The van der Waals surface area contributed by atoms with Gasteiger partial charge in [-0.2, -0.15) is 0 Å². The lowest BCUT2D eigenvalue weighted by Crippen LogP contribution is -2.48. The number of carboxylic acids is 1. The number of halogens is 2. The second-order valence-electron chi connectivity index (χ2n) is 4.86. The van der Waals surface area contributed by atoms with E-state index in [0.717, 1.165) is 18.4 Å². The molecule has 0 spiro atoms. The highest BCUT2D eigenvalue weighted by molar-refractivity contribution is 6.42. The van der Waals surface area contributed by atoms with E-state index in [9.17, 15) is 14.7 Å². The maximum absolute atomic E-state index is 12.3. The Kier molecular flexibility index (Phi) is 4.89. The standard InChI is InChI=1S/C14H15Cl2NO3/c15-10-5-4-9(7-11(10)16)8-13(18)17-6-2-1-3-12(17)14(19)20/h4-5,7,12H,1-3,6,8H2,(H,19,20). The number of amides is 1. The number of carboxylic acid groups (broad SMARTS) is 1. The molecule has 0 saturated carbocycles. The van der Waals surface area contributed by atoms with Gasteiger partial charge in [0.25, 0.3) is 0 Å². The summed E-state index contributed by atoms with van der Waals surface area (Å²) in [5.74, 6) is -1.12. The van der Waals surface area contributed by atoms with Gasteiger partial charge in [0, 0.05) is 6.54 Å². The van der Waals surface area contributed by atoms with Gasteiger partial charge in [0.05, 0.1) is 16.5 Å². The summed E-state index contributed by atoms with van der Waals surface area (Å²) < 4.78 is 0. The van der Waals surface area contributed by atoms with Crippen LogP contribution in [-0.2, 0) is 16.0 Å². The van der Waals surface area contributed by atoms with Gasteiger partial charge in [-0.15, -0.1) is 0 Å². The largest absolute Gasteiger partial charge is 0.480 e. The van der Waals surface area contributed by atoms with Crippen LogP contribution in [0.1, 0.15) is 24.8 Å². The van der Waals surface area contributed by atoms with E-state index in [-0.39, 0.29) is 12.3 Å². The first kappa shape index (κ1) is 15.1. The van der Waals surface area contributed by atoms with Crippen LogP contribution in [0.5, 0.6) is 0 Å². The quantitative estimate of drug-likeness (QED) is 0.932. The molecule has 1 amide bonds. The summed E-state index contributed by atoms with van der Waals surface area (Å²) in [6, 6.07) is 4.30. The fourth-order valence-corrected chi connectivity index (χ4v) is 2.73. The van der Waals surface area contributed by atoms with Crippen LogP contribution in [0.25, 0.3) is 0 Å². The van der Waals surface area contributed by atoms with Crippen molar-refractivity contribution in [2.24, 2.45) is 0 Å². The van der Waals surface area contributed by atoms with Gasteiger partial charge < -0.3 is 10.0 Å². The van der Waals surface area contributed by atoms with Crippen LogP contribution in [0.15, 0.2) is 18.2 Å². The Balaban J connectivity index is 2.09. The molecule has 1 heterocycles. The van der Waals surface area contributed by atoms with Crippen molar-refractivity contribution in [3.8, 4) is 0 Å². The number of aliphatic carboxylic acids is 1. The van der Waals surface area contributed by atoms with Crippen LogP contribution in [0.3, 0.4) is 0 Å². The number of hydrogen-bond acceptors (Lipinski definition) is 2. The fraction of sp³-hybridized carbons (Fsp3) is 0.429. The number of carbonyl (C=O) groups is 2. The molecular formula is C14H15Cl2NO3. The average Bonchev–Trinajstić information content (AvgIpc) is 2.43. The molecule has 1 atom stereocenters. The van der Waals surface area contributed by atoms with Crippen molar-refractivity contribution in [1.82, 2.24) is 4.90 Å². The highest BCUT2D eigenvalue weighted by Crippen LogP contribution is 2.24. The highest BCUT2D eigenvalue weighted by atomic mass is 35.5. The van der Waals surface area contributed by atoms with Gasteiger partial charge in [-0.1, -0.05) is 29.3 Å². The van der Waals surface area contributed by atoms with Crippen LogP contribution in [-0.4, -0.2) is 34.5 Å². The number of benzene rings is 1. The molecule has 6 heteroatoms. The van der Waals surface area contributed by atoms with Crippen LogP contribution in [0.4, 0.5) is 0 Å². The Morgan fingerprint density at radius 2 is 2.00 bits per heavy atom. The second-order valence-corrected chi connectivity index (χ2v) is 5.68. The predicted molar refractivity (Wildman–Crippen MR) is 77.2 cm³/mol. The molecule has 1 aliphatic rings. The first-order valence-electron chi connectivity index (χ1n) is 6.45. The van der Waals surface area contributed by atoms with Gasteiger partial charge >= 0.3 is 5.97 Å². The molecule has 4 nitrogen and oxygen atoms in total. The van der Waals surface area contributed by atoms with E-state index < -0.39 is 12.0 Å². The van der Waals surface area contributed by atoms with Crippen molar-refractivity contribution >= 4 is 35.1 Å². The van der Waals surface area contributed by atoms with Crippen molar-refractivity contribution in [3.05, 3.63) is 33.8 Å². The molecule has 108 valence electrons. The lowest BCUT2D eigenvalue weighted by atomic mass is 10.0. The predicted octanol–water partition coefficient (Wildman–Crippen LogP) is 3.00. The number of piperidine rings is 1. The van der Waals surface area contributed by atoms with Crippen LogP contribution >= 0.6 is 23.2 Å². The van der Waals surface area contributed by atoms with E-state index >= 15 is 0 Å². The summed E-state index contributed by atoms with van der Waals surface area (Å²) in [7, 11) is 0. The van der Waals surface area contributed by atoms with Crippen molar-refractivity contribution in [3.63, 3.8) is 0 Å². The highest BCUT2D eigenvalue weighted by Gasteiger charge is 2.31. The molecule has 1 aromatic carbocycles. The molecule has 20 heavy (non-hydrogen) atoms. The summed E-state index contributed by atoms with van der Waals surface area (Å²) in [5.41, 5.74) is 0.735. The summed E-state index contributed by atoms with van der Waals surface area (Å²) in [6.07, 6.45) is 2.34. The zero-order valence-corrected chi connectivity index (χ0v) is 12.3. The third-order valence-corrected chi connectivity index (χ3v) is 4.19. The van der Waals surface area contributed by atoms with E-state index in [2.05, 4.69) is 0 Å². The number of hydrogen-bond donors (Lipinski definition) is 1. The van der Waals surface area contributed by atoms with Gasteiger partial charge in [-0.25, -0.2) is 4.79 Å². The Bertz CT molecular complexity index is 533. The number of likely N-dealkylation sites (tertiary alicyclic amines) is 1. The Labute approximate surface area is 127 Å². The minimum Gasteiger partial charge on any atom is -0.480 e. The fourth-order valence-electron chi connectivity index (χ4n) is 2.41. The summed E-state index contributed by atoms with van der Waals surface area (Å²) in [4.78, 5) is 24.9. The molecule has 0 radical (unpaired) electrons. The number of rotatable bonds is 3. The normalized spacial score (nSPS) is 18.9. The monoisotopic (exact) mass is 315 g/mol. The van der Waals surface area contributed by atoms with Crippen molar-refractivity contribution in [2.75, 3.05) is 6.54 Å². The van der Waals surface area contributed by atoms with E-state index in [1.165, 1.54) is 4.90 Å². The van der Waals surface area contributed by atoms with E-state index in [0.29, 0.717) is 23.0 Å². The van der Waals surface area contributed by atoms with E-state index in [1.54, 1.807) is 18.2 Å². The van der Waals surface area contributed by atoms with Crippen LogP contribution in [0, 0.1) is 0 Å². The second kappa shape index (κ2) is 6.46. The van der Waals surface area contributed by atoms with E-state index in [1.807, 2.05) is 0 Å². The lowest BCUT2D eigenvalue weighted by Gasteiger charge is -2.33. The van der Waals surface area contributed by atoms with E-state index in [4.69, 9.17) is 23.2 Å². The van der Waals surface area contributed by atoms with Crippen molar-refractivity contribution in [1.29, 1.82) is 0 Å². The van der Waals surface area contributed by atoms with Gasteiger partial charge in [0.1, 0.15) is 6.04 Å². The average molecular weight is 316 g/mol. The zero-order chi connectivity index (χ0) is 14.7. The first-order chi connectivity index (χ1) is 9.49. The summed E-state index contributed by atoms with van der Waals surface area (Å²) in [6.45, 7) is 0.497. The molecule has 1 aromatic rings. The smallest absolute Gasteiger partial charge is 0.326 e. The molecule has 1 N–H and O–H groups in total. The Morgan fingerprint density at radius 1 is 1.25 bits per heavy atom. The number of nitrogens with zero attached hydrogens (tertiary/aromatic N) is 1. The molecule has 0 aromatic heterocycles. The third-order valence-electron chi connectivity index (χ3n) is 3.45. The molecule has 1 fully saturated rings. The molecule has 0 aliphatic carbocycles. The van der Waals surface area contributed by atoms with Gasteiger partial charge in [0.15, 0.2) is 0 Å². The molecule has 0 bridgehead atoms. The first-order valence-corrected chi connectivity index (χ1v) is 7.21. The minimum absolute atomic E-state index is 0.140. The van der Waals surface area contributed by atoms with Crippen LogP contribution < -0.4 is 0 Å². The maximum Gasteiger partial charge on any atom is 0.326 e. The third kappa shape index (κ3) is 3.44. The zero-order valence-electron chi connectivity index (χ0n) is 10.8. The lowest BCUT2D eigenvalue weighted by molar-refractivity contribution is -0.151. The van der Waals surface area contributed by atoms with Gasteiger partial charge in [-0.05, 0) is 37.0 Å². The number of carbonyl (C=O) groups excluding carboxylic acids is 1. The molecule has 1 unspecified atom stereocenters. The Morgan fingerprint density at radius 3 is 2.65 bits per heavy atom. The van der Waals surface area contributed by atoms with Gasteiger partial charge in [-0.3, -0.25) is 4.79 Å². The summed E-state index contributed by atoms with van der Waals surface area (Å²) in [5, 5.41) is 10.0. The molecule has 1 aliphatic heterocycles. The maximum atomic E-state index is 12.3. The molecular weight excluding hydrogens is 301 g/mol. The van der Waals surface area contributed by atoms with Crippen molar-refractivity contribution < 1.29 is 14.7 Å². The summed E-state index contributed by atoms with van der Waals surface area (Å²) >= 11 is 11.7. The topological polar surface area (TPSA) is 57.6 Å². The minimum atomic E-state index is -0.938. The van der Waals surface area contributed by atoms with Gasteiger partial charge in [0.2, 0.25) is 5.91 Å². The molecule has 2 rings (SSSR count). The van der Waals surface area contributed by atoms with Crippen LogP contribution in [0.2, 0.25) is 10.0 Å². The molecule has 1 saturated heterocycles. The Hall–Kier alpha value is -1.26. The SMILES string of the molecule is O=C(O)C1CCCCN1C(=O)Cc1ccc(Cl)c(Cl)c1. The van der Waals surface area contributed by atoms with Crippen molar-refractivity contribution in [2.45, 2.75) is 31.7 Å².